The van der Waals surface area contributed by atoms with Gasteiger partial charge in [-0.1, -0.05) is 17.3 Å². The van der Waals surface area contributed by atoms with Crippen LogP contribution in [0.5, 0.6) is 5.75 Å². The number of nitrogens with zero attached hydrogens (tertiary/aromatic N) is 3. The van der Waals surface area contributed by atoms with Gasteiger partial charge in [-0.15, -0.1) is 12.4 Å². The SMILES string of the molecule is CC1COc2ccccc2N1Cc1noc(CN)n1.Cl. The van der Waals surface area contributed by atoms with E-state index in [0.717, 1.165) is 11.4 Å². The molecule has 0 saturated carbocycles. The maximum absolute atomic E-state index is 5.70. The van der Waals surface area contributed by atoms with Gasteiger partial charge in [-0.05, 0) is 19.1 Å². The van der Waals surface area contributed by atoms with E-state index in [2.05, 4.69) is 22.0 Å². The van der Waals surface area contributed by atoms with Gasteiger partial charge >= 0.3 is 0 Å². The van der Waals surface area contributed by atoms with Crippen molar-refractivity contribution in [3.63, 3.8) is 0 Å². The molecule has 108 valence electrons. The van der Waals surface area contributed by atoms with Crippen LogP contribution in [0.15, 0.2) is 28.8 Å². The Morgan fingerprint density at radius 3 is 2.95 bits per heavy atom. The maximum atomic E-state index is 5.70. The van der Waals surface area contributed by atoms with Crippen LogP contribution in [0, 0.1) is 0 Å². The van der Waals surface area contributed by atoms with Gasteiger partial charge in [0.05, 0.1) is 24.8 Å². The molecule has 1 unspecified atom stereocenters. The molecule has 0 amide bonds. The fraction of sp³-hybridized carbons (Fsp3) is 0.385. The molecular formula is C13H17ClN4O2. The predicted octanol–water partition coefficient (Wildman–Crippen LogP) is 1.74. The van der Waals surface area contributed by atoms with Crippen molar-refractivity contribution in [2.45, 2.75) is 26.1 Å². The number of hydrogen-bond acceptors (Lipinski definition) is 6. The van der Waals surface area contributed by atoms with Crippen molar-refractivity contribution in [1.82, 2.24) is 10.1 Å². The smallest absolute Gasteiger partial charge is 0.240 e. The summed E-state index contributed by atoms with van der Waals surface area (Å²) in [6.45, 7) is 3.62. The highest BCUT2D eigenvalue weighted by Gasteiger charge is 2.25. The van der Waals surface area contributed by atoms with Gasteiger partial charge in [-0.2, -0.15) is 4.98 Å². The van der Waals surface area contributed by atoms with E-state index < -0.39 is 0 Å². The first kappa shape index (κ1) is 14.6. The lowest BCUT2D eigenvalue weighted by atomic mass is 10.1. The maximum Gasteiger partial charge on any atom is 0.240 e. The van der Waals surface area contributed by atoms with E-state index in [1.165, 1.54) is 0 Å². The molecule has 3 rings (SSSR count). The number of nitrogens with two attached hydrogens (primary N) is 1. The number of ether oxygens (including phenoxy) is 1. The second-order valence-corrected chi connectivity index (χ2v) is 4.56. The molecule has 0 bridgehead atoms. The highest BCUT2D eigenvalue weighted by Crippen LogP contribution is 2.34. The average molecular weight is 297 g/mol. The summed E-state index contributed by atoms with van der Waals surface area (Å²) in [4.78, 5) is 6.46. The van der Waals surface area contributed by atoms with Crippen LogP contribution in [0.2, 0.25) is 0 Å². The number of halogens is 1. The largest absolute Gasteiger partial charge is 0.489 e. The summed E-state index contributed by atoms with van der Waals surface area (Å²) < 4.78 is 10.7. The van der Waals surface area contributed by atoms with Crippen LogP contribution < -0.4 is 15.4 Å². The molecule has 1 atom stereocenters. The van der Waals surface area contributed by atoms with Crippen molar-refractivity contribution in [2.24, 2.45) is 5.73 Å². The van der Waals surface area contributed by atoms with E-state index >= 15 is 0 Å². The molecule has 6 nitrogen and oxygen atoms in total. The van der Waals surface area contributed by atoms with Crippen molar-refractivity contribution >= 4 is 18.1 Å². The summed E-state index contributed by atoms with van der Waals surface area (Å²) >= 11 is 0. The summed E-state index contributed by atoms with van der Waals surface area (Å²) in [5, 5.41) is 3.94. The van der Waals surface area contributed by atoms with Crippen LogP contribution >= 0.6 is 12.4 Å². The summed E-state index contributed by atoms with van der Waals surface area (Å²) in [6.07, 6.45) is 0. The van der Waals surface area contributed by atoms with E-state index in [0.29, 0.717) is 24.9 Å². The van der Waals surface area contributed by atoms with Crippen molar-refractivity contribution in [3.05, 3.63) is 36.0 Å². The number of benzene rings is 1. The van der Waals surface area contributed by atoms with Crippen LogP contribution in [0.1, 0.15) is 18.6 Å². The summed E-state index contributed by atoms with van der Waals surface area (Å²) in [6, 6.07) is 8.22. The van der Waals surface area contributed by atoms with E-state index in [1.807, 2.05) is 24.3 Å². The third-order valence-electron chi connectivity index (χ3n) is 3.18. The van der Waals surface area contributed by atoms with Gasteiger partial charge in [0.15, 0.2) is 5.82 Å². The lowest BCUT2D eigenvalue weighted by molar-refractivity contribution is 0.268. The number of rotatable bonds is 3. The monoisotopic (exact) mass is 296 g/mol. The minimum absolute atomic E-state index is 0. The second-order valence-electron chi connectivity index (χ2n) is 4.56. The fourth-order valence-corrected chi connectivity index (χ4v) is 2.18. The quantitative estimate of drug-likeness (QED) is 0.929. The number of hydrogen-bond donors (Lipinski definition) is 1. The molecule has 1 aliphatic heterocycles. The Bertz CT molecular complexity index is 575. The molecule has 7 heteroatoms. The highest BCUT2D eigenvalue weighted by atomic mass is 35.5. The molecular weight excluding hydrogens is 280 g/mol. The lowest BCUT2D eigenvalue weighted by Gasteiger charge is -2.35. The first-order valence-corrected chi connectivity index (χ1v) is 6.28. The molecule has 0 aliphatic carbocycles. The Kier molecular flexibility index (Phi) is 4.46. The Labute approximate surface area is 123 Å². The van der Waals surface area contributed by atoms with Crippen molar-refractivity contribution < 1.29 is 9.26 Å². The molecule has 20 heavy (non-hydrogen) atoms. The minimum Gasteiger partial charge on any atom is -0.489 e. The molecule has 1 aromatic carbocycles. The van der Waals surface area contributed by atoms with Crippen molar-refractivity contribution in [2.75, 3.05) is 11.5 Å². The third kappa shape index (κ3) is 2.71. The summed E-state index contributed by atoms with van der Waals surface area (Å²) in [5.74, 6) is 2.00. The number of anilines is 1. The van der Waals surface area contributed by atoms with Crippen LogP contribution in [0.25, 0.3) is 0 Å². The first-order chi connectivity index (χ1) is 9.28. The molecule has 2 aromatic rings. The first-order valence-electron chi connectivity index (χ1n) is 6.28. The van der Waals surface area contributed by atoms with E-state index in [1.54, 1.807) is 0 Å². The standard InChI is InChI=1S/C13H16N4O2.ClH/c1-9-8-18-11-5-3-2-4-10(11)17(9)7-12-15-13(6-14)19-16-12;/h2-5,9H,6-8,14H2,1H3;1H. The molecule has 1 aliphatic rings. The van der Waals surface area contributed by atoms with Gasteiger partial charge in [-0.25, -0.2) is 0 Å². The summed E-state index contributed by atoms with van der Waals surface area (Å²) in [5.41, 5.74) is 6.53. The Morgan fingerprint density at radius 2 is 2.20 bits per heavy atom. The second kappa shape index (κ2) is 6.11. The van der Waals surface area contributed by atoms with Gasteiger partial charge in [0.25, 0.3) is 0 Å². The molecule has 2 N–H and O–H groups in total. The zero-order valence-corrected chi connectivity index (χ0v) is 12.0. The van der Waals surface area contributed by atoms with Crippen LogP contribution in [-0.2, 0) is 13.1 Å². The lowest BCUT2D eigenvalue weighted by Crippen LogP contribution is -2.40. The van der Waals surface area contributed by atoms with Gasteiger partial charge in [0.2, 0.25) is 5.89 Å². The fourth-order valence-electron chi connectivity index (χ4n) is 2.18. The topological polar surface area (TPSA) is 77.4 Å². The van der Waals surface area contributed by atoms with Crippen LogP contribution in [0.4, 0.5) is 5.69 Å². The number of para-hydroxylation sites is 2. The van der Waals surface area contributed by atoms with Gasteiger partial charge in [-0.3, -0.25) is 0 Å². The van der Waals surface area contributed by atoms with Gasteiger partial charge in [0.1, 0.15) is 12.4 Å². The highest BCUT2D eigenvalue weighted by molar-refractivity contribution is 5.85. The number of fused-ring (bicyclic) bond motifs is 1. The normalized spacial score (nSPS) is 17.1. The van der Waals surface area contributed by atoms with E-state index in [9.17, 15) is 0 Å². The average Bonchev–Trinajstić information content (AvgIpc) is 2.90. The van der Waals surface area contributed by atoms with Crippen molar-refractivity contribution in [1.29, 1.82) is 0 Å². The Morgan fingerprint density at radius 1 is 1.40 bits per heavy atom. The molecule has 0 saturated heterocycles. The van der Waals surface area contributed by atoms with Crippen LogP contribution in [0.3, 0.4) is 0 Å². The zero-order chi connectivity index (χ0) is 13.2. The predicted molar refractivity (Wildman–Crippen MR) is 77.0 cm³/mol. The number of aromatic nitrogens is 2. The molecule has 0 radical (unpaired) electrons. The molecule has 0 fully saturated rings. The zero-order valence-electron chi connectivity index (χ0n) is 11.2. The third-order valence-corrected chi connectivity index (χ3v) is 3.18. The van der Waals surface area contributed by atoms with E-state index in [4.69, 9.17) is 15.0 Å². The van der Waals surface area contributed by atoms with Crippen molar-refractivity contribution in [3.8, 4) is 5.75 Å². The van der Waals surface area contributed by atoms with E-state index in [-0.39, 0.29) is 25.0 Å². The molecule has 2 heterocycles. The van der Waals surface area contributed by atoms with Crippen LogP contribution in [-0.4, -0.2) is 22.8 Å². The van der Waals surface area contributed by atoms with Gasteiger partial charge in [0, 0.05) is 0 Å². The minimum atomic E-state index is 0. The molecule has 0 spiro atoms. The Balaban J connectivity index is 0.00000147. The summed E-state index contributed by atoms with van der Waals surface area (Å²) in [7, 11) is 0. The van der Waals surface area contributed by atoms with Gasteiger partial charge < -0.3 is 19.9 Å². The molecule has 1 aromatic heterocycles. The Hall–Kier alpha value is -1.79.